The van der Waals surface area contributed by atoms with Crippen LogP contribution < -0.4 is 5.32 Å². The minimum atomic E-state index is -1.12. The van der Waals surface area contributed by atoms with Gasteiger partial charge in [0.25, 0.3) is 0 Å². The average molecular weight is 292 g/mol. The van der Waals surface area contributed by atoms with Crippen LogP contribution >= 0.6 is 0 Å². The Kier molecular flexibility index (Phi) is 4.16. The predicted octanol–water partition coefficient (Wildman–Crippen LogP) is 3.29. The van der Waals surface area contributed by atoms with E-state index >= 15 is 0 Å². The highest BCUT2D eigenvalue weighted by Gasteiger charge is 2.16. The summed E-state index contributed by atoms with van der Waals surface area (Å²) >= 11 is 0. The van der Waals surface area contributed by atoms with E-state index in [1.807, 2.05) is 0 Å². The number of pyridine rings is 1. The van der Waals surface area contributed by atoms with Gasteiger partial charge in [0.15, 0.2) is 0 Å². The number of aromatic nitrogens is 1. The number of nitrogens with one attached hydrogen (secondary N) is 1. The minimum absolute atomic E-state index is 0.0254. The Morgan fingerprint density at radius 2 is 2.00 bits per heavy atom. The molecule has 0 fully saturated rings. The maximum absolute atomic E-state index is 13.5. The molecule has 21 heavy (non-hydrogen) atoms. The van der Waals surface area contributed by atoms with E-state index in [1.54, 1.807) is 19.9 Å². The number of carboxylic acids is 1. The number of halogens is 2. The molecule has 2 N–H and O–H groups in total. The smallest absolute Gasteiger partial charge is 0.339 e. The van der Waals surface area contributed by atoms with Gasteiger partial charge in [-0.1, -0.05) is 0 Å². The van der Waals surface area contributed by atoms with Gasteiger partial charge in [-0.25, -0.2) is 18.6 Å². The van der Waals surface area contributed by atoms with Gasteiger partial charge in [0.2, 0.25) is 0 Å². The second kappa shape index (κ2) is 5.87. The molecule has 0 aliphatic carbocycles. The van der Waals surface area contributed by atoms with Gasteiger partial charge < -0.3 is 10.4 Å². The number of aromatic carboxylic acids is 1. The Morgan fingerprint density at radius 3 is 2.67 bits per heavy atom. The van der Waals surface area contributed by atoms with Gasteiger partial charge in [0, 0.05) is 17.8 Å². The summed E-state index contributed by atoms with van der Waals surface area (Å²) in [6.07, 6.45) is 0. The predicted molar refractivity (Wildman–Crippen MR) is 74.4 cm³/mol. The largest absolute Gasteiger partial charge is 0.478 e. The summed E-state index contributed by atoms with van der Waals surface area (Å²) in [7, 11) is 0. The van der Waals surface area contributed by atoms with Crippen LogP contribution in [0.1, 0.15) is 27.2 Å². The first kappa shape index (κ1) is 14.9. The normalized spacial score (nSPS) is 10.5. The van der Waals surface area contributed by atoms with Crippen LogP contribution in [0.3, 0.4) is 0 Å². The van der Waals surface area contributed by atoms with Gasteiger partial charge in [0.1, 0.15) is 23.0 Å². The average Bonchev–Trinajstić information content (AvgIpc) is 2.38. The van der Waals surface area contributed by atoms with E-state index in [2.05, 4.69) is 10.3 Å². The highest BCUT2D eigenvalue weighted by Crippen LogP contribution is 2.20. The van der Waals surface area contributed by atoms with Crippen LogP contribution in [-0.2, 0) is 6.54 Å². The second-order valence-electron chi connectivity index (χ2n) is 4.70. The molecular formula is C15H14F2N2O2. The summed E-state index contributed by atoms with van der Waals surface area (Å²) in [5.74, 6) is -2.10. The summed E-state index contributed by atoms with van der Waals surface area (Å²) in [4.78, 5) is 15.4. The van der Waals surface area contributed by atoms with Crippen LogP contribution in [0.25, 0.3) is 0 Å². The molecule has 4 nitrogen and oxygen atoms in total. The lowest BCUT2D eigenvalue weighted by Crippen LogP contribution is -2.12. The number of anilines is 1. The molecule has 0 spiro atoms. The molecule has 6 heteroatoms. The van der Waals surface area contributed by atoms with Crippen LogP contribution in [0.5, 0.6) is 0 Å². The van der Waals surface area contributed by atoms with Crippen molar-refractivity contribution in [3.63, 3.8) is 0 Å². The third-order valence-corrected chi connectivity index (χ3v) is 3.01. The lowest BCUT2D eigenvalue weighted by Gasteiger charge is -2.12. The molecular weight excluding hydrogens is 278 g/mol. The molecule has 0 bridgehead atoms. The third-order valence-electron chi connectivity index (χ3n) is 3.01. The van der Waals surface area contributed by atoms with Crippen molar-refractivity contribution in [1.82, 2.24) is 4.98 Å². The van der Waals surface area contributed by atoms with Gasteiger partial charge >= 0.3 is 5.97 Å². The van der Waals surface area contributed by atoms with Crippen LogP contribution in [-0.4, -0.2) is 16.1 Å². The zero-order valence-corrected chi connectivity index (χ0v) is 11.6. The van der Waals surface area contributed by atoms with Gasteiger partial charge in [-0.3, -0.25) is 0 Å². The molecule has 0 saturated carbocycles. The van der Waals surface area contributed by atoms with E-state index in [0.717, 1.165) is 18.2 Å². The lowest BCUT2D eigenvalue weighted by molar-refractivity contribution is 0.0697. The van der Waals surface area contributed by atoms with Crippen LogP contribution in [0, 0.1) is 25.5 Å². The van der Waals surface area contributed by atoms with Gasteiger partial charge in [0.05, 0.1) is 0 Å². The number of nitrogens with zero attached hydrogens (tertiary/aromatic N) is 1. The lowest BCUT2D eigenvalue weighted by atomic mass is 10.1. The number of hydrogen-bond donors (Lipinski definition) is 2. The first-order valence-corrected chi connectivity index (χ1v) is 6.28. The third kappa shape index (κ3) is 3.34. The van der Waals surface area contributed by atoms with Crippen molar-refractivity contribution in [3.8, 4) is 0 Å². The van der Waals surface area contributed by atoms with Crippen molar-refractivity contribution < 1.29 is 18.7 Å². The molecule has 1 heterocycles. The number of benzene rings is 1. The first-order chi connectivity index (χ1) is 9.88. The molecule has 2 aromatic rings. The molecule has 0 atom stereocenters. The SMILES string of the molecule is Cc1cc(C)c(C(=O)O)c(NCc2cc(F)ccc2F)n1. The van der Waals surface area contributed by atoms with Gasteiger partial charge in [-0.05, 0) is 43.7 Å². The van der Waals surface area contributed by atoms with E-state index < -0.39 is 17.6 Å². The molecule has 110 valence electrons. The van der Waals surface area contributed by atoms with Crippen LogP contribution in [0.2, 0.25) is 0 Å². The molecule has 1 aromatic carbocycles. The van der Waals surface area contributed by atoms with Crippen molar-refractivity contribution >= 4 is 11.8 Å². The Bertz CT molecular complexity index is 702. The van der Waals surface area contributed by atoms with E-state index in [1.165, 1.54) is 0 Å². The standard InChI is InChI=1S/C15H14F2N2O2/c1-8-5-9(2)19-14(13(8)15(20)21)18-7-10-6-11(16)3-4-12(10)17/h3-6H,7H2,1-2H3,(H,18,19)(H,20,21). The van der Waals surface area contributed by atoms with E-state index in [4.69, 9.17) is 0 Å². The number of aryl methyl sites for hydroxylation is 2. The number of hydrogen-bond acceptors (Lipinski definition) is 3. The summed E-state index contributed by atoms with van der Waals surface area (Å²) < 4.78 is 26.7. The van der Waals surface area contributed by atoms with Crippen molar-refractivity contribution in [2.24, 2.45) is 0 Å². The Hall–Kier alpha value is -2.50. The monoisotopic (exact) mass is 292 g/mol. The summed E-state index contributed by atoms with van der Waals surface area (Å²) in [5, 5.41) is 12.0. The molecule has 0 unspecified atom stereocenters. The minimum Gasteiger partial charge on any atom is -0.478 e. The zero-order chi connectivity index (χ0) is 15.6. The van der Waals surface area contributed by atoms with Crippen molar-refractivity contribution in [2.45, 2.75) is 20.4 Å². The van der Waals surface area contributed by atoms with Crippen LogP contribution in [0.4, 0.5) is 14.6 Å². The van der Waals surface area contributed by atoms with Gasteiger partial charge in [-0.15, -0.1) is 0 Å². The fourth-order valence-electron chi connectivity index (χ4n) is 2.09. The Balaban J connectivity index is 2.31. The summed E-state index contributed by atoms with van der Waals surface area (Å²) in [6.45, 7) is 3.33. The quantitative estimate of drug-likeness (QED) is 0.907. The molecule has 0 saturated heterocycles. The highest BCUT2D eigenvalue weighted by atomic mass is 19.1. The fraction of sp³-hybridized carbons (Fsp3) is 0.200. The van der Waals surface area contributed by atoms with E-state index in [9.17, 15) is 18.7 Å². The zero-order valence-electron chi connectivity index (χ0n) is 11.6. The molecule has 2 rings (SSSR count). The van der Waals surface area contributed by atoms with Crippen molar-refractivity contribution in [1.29, 1.82) is 0 Å². The van der Waals surface area contributed by atoms with Crippen LogP contribution in [0.15, 0.2) is 24.3 Å². The Morgan fingerprint density at radius 1 is 1.29 bits per heavy atom. The number of carboxylic acid groups (broad SMARTS) is 1. The number of rotatable bonds is 4. The Labute approximate surface area is 120 Å². The molecule has 1 aromatic heterocycles. The van der Waals surface area contributed by atoms with E-state index in [0.29, 0.717) is 11.3 Å². The van der Waals surface area contributed by atoms with Crippen molar-refractivity contribution in [3.05, 3.63) is 58.3 Å². The second-order valence-corrected chi connectivity index (χ2v) is 4.70. The maximum atomic E-state index is 13.5. The van der Waals surface area contributed by atoms with Crippen molar-refractivity contribution in [2.75, 3.05) is 5.32 Å². The fourth-order valence-corrected chi connectivity index (χ4v) is 2.09. The molecule has 0 aliphatic rings. The molecule has 0 amide bonds. The summed E-state index contributed by atoms with van der Waals surface area (Å²) in [5.41, 5.74) is 1.32. The molecule has 0 radical (unpaired) electrons. The maximum Gasteiger partial charge on any atom is 0.339 e. The summed E-state index contributed by atoms with van der Waals surface area (Å²) in [6, 6.07) is 4.76. The number of carbonyl (C=O) groups is 1. The topological polar surface area (TPSA) is 62.2 Å². The molecule has 0 aliphatic heterocycles. The van der Waals surface area contributed by atoms with Gasteiger partial charge in [-0.2, -0.15) is 0 Å². The first-order valence-electron chi connectivity index (χ1n) is 6.28. The highest BCUT2D eigenvalue weighted by molar-refractivity contribution is 5.94. The van der Waals surface area contributed by atoms with E-state index in [-0.39, 0.29) is 23.5 Å².